The number of ether oxygens (including phenoxy) is 1. The van der Waals surface area contributed by atoms with Crippen molar-refractivity contribution in [3.05, 3.63) is 101 Å². The first-order chi connectivity index (χ1) is 16.5. The van der Waals surface area contributed by atoms with Gasteiger partial charge in [-0.05, 0) is 68.0 Å². The Morgan fingerprint density at radius 2 is 1.79 bits per heavy atom. The highest BCUT2D eigenvalue weighted by molar-refractivity contribution is 6.10. The highest BCUT2D eigenvalue weighted by Crippen LogP contribution is 2.28. The quantitative estimate of drug-likeness (QED) is 0.303. The number of nitriles is 1. The van der Waals surface area contributed by atoms with Crippen LogP contribution in [0.1, 0.15) is 16.7 Å². The molecular formula is C28H24N4O2. The molecule has 0 saturated carbocycles. The van der Waals surface area contributed by atoms with E-state index in [2.05, 4.69) is 5.32 Å². The Morgan fingerprint density at radius 3 is 2.44 bits per heavy atom. The topological polar surface area (TPSA) is 79.9 Å². The Kier molecular flexibility index (Phi) is 6.56. The number of rotatable bonds is 6. The van der Waals surface area contributed by atoms with E-state index >= 15 is 0 Å². The lowest BCUT2D eigenvalue weighted by Crippen LogP contribution is -2.14. The van der Waals surface area contributed by atoms with Gasteiger partial charge in [0.05, 0.1) is 18.5 Å². The molecule has 0 spiro atoms. The Bertz CT molecular complexity index is 1390. The molecule has 0 bridgehead atoms. The van der Waals surface area contributed by atoms with Gasteiger partial charge < -0.3 is 10.1 Å². The predicted molar refractivity (Wildman–Crippen MR) is 134 cm³/mol. The summed E-state index contributed by atoms with van der Waals surface area (Å²) < 4.78 is 7.00. The zero-order chi connectivity index (χ0) is 24.1. The molecule has 1 N–H and O–H groups in total. The predicted octanol–water partition coefficient (Wildman–Crippen LogP) is 5.71. The molecule has 0 aliphatic rings. The number of aryl methyl sites for hydroxylation is 2. The number of nitrogens with zero attached hydrogens (tertiary/aromatic N) is 3. The average molecular weight is 449 g/mol. The lowest BCUT2D eigenvalue weighted by molar-refractivity contribution is -0.112. The molecule has 1 amide bonds. The number of benzene rings is 3. The van der Waals surface area contributed by atoms with Crippen LogP contribution in [0.15, 0.2) is 84.6 Å². The summed E-state index contributed by atoms with van der Waals surface area (Å²) in [6.07, 6.45) is 3.39. The summed E-state index contributed by atoms with van der Waals surface area (Å²) in [5.41, 5.74) is 5.71. The van der Waals surface area contributed by atoms with Gasteiger partial charge in [0.25, 0.3) is 5.91 Å². The van der Waals surface area contributed by atoms with Gasteiger partial charge in [-0.25, -0.2) is 4.68 Å². The van der Waals surface area contributed by atoms with Crippen LogP contribution in [0.3, 0.4) is 0 Å². The molecule has 3 aromatic carbocycles. The molecule has 0 fully saturated rings. The second-order valence-corrected chi connectivity index (χ2v) is 7.88. The second kappa shape index (κ2) is 9.88. The fourth-order valence-electron chi connectivity index (χ4n) is 3.63. The van der Waals surface area contributed by atoms with E-state index in [4.69, 9.17) is 9.84 Å². The van der Waals surface area contributed by atoms with Crippen LogP contribution in [-0.4, -0.2) is 22.8 Å². The minimum Gasteiger partial charge on any atom is -0.497 e. The number of hydrogen-bond donors (Lipinski definition) is 1. The van der Waals surface area contributed by atoms with Crippen LogP contribution in [0.4, 0.5) is 5.69 Å². The summed E-state index contributed by atoms with van der Waals surface area (Å²) in [6, 6.07) is 25.0. The van der Waals surface area contributed by atoms with Crippen molar-refractivity contribution in [1.29, 1.82) is 5.26 Å². The smallest absolute Gasteiger partial charge is 0.266 e. The summed E-state index contributed by atoms with van der Waals surface area (Å²) in [7, 11) is 1.61. The first kappa shape index (κ1) is 22.6. The molecule has 0 aliphatic carbocycles. The molecule has 4 aromatic rings. The van der Waals surface area contributed by atoms with Crippen LogP contribution in [-0.2, 0) is 4.79 Å². The molecule has 4 rings (SSSR count). The number of hydrogen-bond acceptors (Lipinski definition) is 4. The Labute approximate surface area is 198 Å². The monoisotopic (exact) mass is 448 g/mol. The van der Waals surface area contributed by atoms with Crippen molar-refractivity contribution in [1.82, 2.24) is 9.78 Å². The lowest BCUT2D eigenvalue weighted by Gasteiger charge is -2.08. The van der Waals surface area contributed by atoms with Gasteiger partial charge in [-0.15, -0.1) is 0 Å². The average Bonchev–Trinajstić information content (AvgIpc) is 3.28. The van der Waals surface area contributed by atoms with E-state index in [0.717, 1.165) is 28.1 Å². The van der Waals surface area contributed by atoms with E-state index in [0.29, 0.717) is 16.9 Å². The molecule has 0 aliphatic heterocycles. The molecule has 1 heterocycles. The molecule has 6 nitrogen and oxygen atoms in total. The van der Waals surface area contributed by atoms with E-state index in [9.17, 15) is 10.1 Å². The van der Waals surface area contributed by atoms with Gasteiger partial charge in [0.15, 0.2) is 0 Å². The van der Waals surface area contributed by atoms with E-state index in [1.165, 1.54) is 0 Å². The Balaban J connectivity index is 1.75. The number of anilines is 1. The SMILES string of the molecule is COc1ccc(-c2nn(-c3ccccc3)cc2C=C(C#N)C(=O)Nc2ccc(C)cc2C)cc1. The van der Waals surface area contributed by atoms with Crippen molar-refractivity contribution in [2.24, 2.45) is 0 Å². The zero-order valence-corrected chi connectivity index (χ0v) is 19.2. The van der Waals surface area contributed by atoms with Crippen molar-refractivity contribution in [3.8, 4) is 28.8 Å². The summed E-state index contributed by atoms with van der Waals surface area (Å²) in [6.45, 7) is 3.91. The van der Waals surface area contributed by atoms with E-state index < -0.39 is 5.91 Å². The number of carbonyl (C=O) groups is 1. The van der Waals surface area contributed by atoms with Gasteiger partial charge in [0.2, 0.25) is 0 Å². The van der Waals surface area contributed by atoms with Crippen LogP contribution >= 0.6 is 0 Å². The number of methoxy groups -OCH3 is 1. The summed E-state index contributed by atoms with van der Waals surface area (Å²) >= 11 is 0. The second-order valence-electron chi connectivity index (χ2n) is 7.88. The minimum atomic E-state index is -0.470. The van der Waals surface area contributed by atoms with Crippen LogP contribution in [0.25, 0.3) is 23.0 Å². The van der Waals surface area contributed by atoms with Crippen LogP contribution in [0.2, 0.25) is 0 Å². The fourth-order valence-corrected chi connectivity index (χ4v) is 3.63. The molecule has 6 heteroatoms. The largest absolute Gasteiger partial charge is 0.497 e. The standard InChI is InChI=1S/C28H24N4O2/c1-19-9-14-26(20(2)15-19)30-28(33)22(17-29)16-23-18-32(24-7-5-4-6-8-24)31-27(23)21-10-12-25(34-3)13-11-21/h4-16,18H,1-3H3,(H,30,33). The Hall–Kier alpha value is -4.63. The van der Waals surface area contributed by atoms with Gasteiger partial charge >= 0.3 is 0 Å². The van der Waals surface area contributed by atoms with Gasteiger partial charge in [0, 0.05) is 23.0 Å². The third-order valence-corrected chi connectivity index (χ3v) is 5.42. The molecule has 168 valence electrons. The molecule has 1 aromatic heterocycles. The number of nitrogens with one attached hydrogen (secondary N) is 1. The third kappa shape index (κ3) is 4.89. The van der Waals surface area contributed by atoms with Crippen molar-refractivity contribution in [2.45, 2.75) is 13.8 Å². The van der Waals surface area contributed by atoms with Gasteiger partial charge in [0.1, 0.15) is 17.4 Å². The van der Waals surface area contributed by atoms with Crippen LogP contribution in [0.5, 0.6) is 5.75 Å². The van der Waals surface area contributed by atoms with Crippen molar-refractivity contribution >= 4 is 17.7 Å². The lowest BCUT2D eigenvalue weighted by atomic mass is 10.1. The normalized spacial score (nSPS) is 11.1. The van der Waals surface area contributed by atoms with Gasteiger partial charge in [-0.1, -0.05) is 35.9 Å². The molecule has 0 radical (unpaired) electrons. The van der Waals surface area contributed by atoms with E-state index in [1.807, 2.05) is 98.9 Å². The number of aromatic nitrogens is 2. The number of amides is 1. The maximum atomic E-state index is 12.9. The summed E-state index contributed by atoms with van der Waals surface area (Å²) in [5.74, 6) is 0.261. The third-order valence-electron chi connectivity index (χ3n) is 5.42. The van der Waals surface area contributed by atoms with E-state index in [-0.39, 0.29) is 5.57 Å². The van der Waals surface area contributed by atoms with Crippen molar-refractivity contribution in [3.63, 3.8) is 0 Å². The molecule has 0 atom stereocenters. The fraction of sp³-hybridized carbons (Fsp3) is 0.107. The van der Waals surface area contributed by atoms with Gasteiger partial charge in [-0.3, -0.25) is 4.79 Å². The maximum absolute atomic E-state index is 12.9. The van der Waals surface area contributed by atoms with E-state index in [1.54, 1.807) is 17.9 Å². The molecular weight excluding hydrogens is 424 g/mol. The van der Waals surface area contributed by atoms with Crippen LogP contribution in [0, 0.1) is 25.2 Å². The summed E-state index contributed by atoms with van der Waals surface area (Å²) in [4.78, 5) is 12.9. The number of para-hydroxylation sites is 1. The first-order valence-corrected chi connectivity index (χ1v) is 10.8. The summed E-state index contributed by atoms with van der Waals surface area (Å²) in [5, 5.41) is 17.4. The molecule has 0 unspecified atom stereocenters. The Morgan fingerprint density at radius 1 is 1.06 bits per heavy atom. The molecule has 0 saturated heterocycles. The minimum absolute atomic E-state index is 0.0117. The molecule has 34 heavy (non-hydrogen) atoms. The number of carbonyl (C=O) groups excluding carboxylic acids is 1. The highest BCUT2D eigenvalue weighted by atomic mass is 16.5. The maximum Gasteiger partial charge on any atom is 0.266 e. The van der Waals surface area contributed by atoms with Crippen molar-refractivity contribution < 1.29 is 9.53 Å². The highest BCUT2D eigenvalue weighted by Gasteiger charge is 2.16. The zero-order valence-electron chi connectivity index (χ0n) is 19.2. The van der Waals surface area contributed by atoms with Gasteiger partial charge in [-0.2, -0.15) is 10.4 Å². The van der Waals surface area contributed by atoms with Crippen molar-refractivity contribution in [2.75, 3.05) is 12.4 Å². The van der Waals surface area contributed by atoms with Crippen LogP contribution < -0.4 is 10.1 Å². The first-order valence-electron chi connectivity index (χ1n) is 10.8.